The second-order valence-corrected chi connectivity index (χ2v) is 6.23. The number of hydrogen-bond acceptors (Lipinski definition) is 5. The zero-order chi connectivity index (χ0) is 16.8. The second kappa shape index (κ2) is 7.89. The third-order valence-electron chi connectivity index (χ3n) is 4.60. The zero-order valence-electron chi connectivity index (χ0n) is 13.7. The molecule has 0 bridgehead atoms. The van der Waals surface area contributed by atoms with Gasteiger partial charge in [0.05, 0.1) is 18.5 Å². The molecule has 1 aromatic carbocycles. The van der Waals surface area contributed by atoms with Crippen LogP contribution in [0.2, 0.25) is 0 Å². The number of aliphatic hydroxyl groups is 1. The van der Waals surface area contributed by atoms with Crippen LogP contribution in [0.15, 0.2) is 42.7 Å². The monoisotopic (exact) mass is 322 g/mol. The van der Waals surface area contributed by atoms with Gasteiger partial charge >= 0.3 is 0 Å². The van der Waals surface area contributed by atoms with Crippen LogP contribution in [0.4, 0.5) is 5.82 Å². The Morgan fingerprint density at radius 1 is 1.17 bits per heavy atom. The van der Waals surface area contributed by atoms with E-state index in [0.29, 0.717) is 12.1 Å². The molecule has 0 amide bonds. The van der Waals surface area contributed by atoms with Gasteiger partial charge in [0.1, 0.15) is 11.9 Å². The first-order valence-electron chi connectivity index (χ1n) is 8.49. The van der Waals surface area contributed by atoms with Crippen LogP contribution in [-0.2, 0) is 0 Å². The summed E-state index contributed by atoms with van der Waals surface area (Å²) in [6.07, 6.45) is 7.88. The number of nitrogens with zero attached hydrogens (tertiary/aromatic N) is 4. The fraction of sp³-hybridized carbons (Fsp3) is 0.421. The van der Waals surface area contributed by atoms with Gasteiger partial charge < -0.3 is 10.0 Å². The fourth-order valence-corrected chi connectivity index (χ4v) is 3.32. The van der Waals surface area contributed by atoms with E-state index in [1.165, 1.54) is 12.6 Å². The molecule has 1 fully saturated rings. The summed E-state index contributed by atoms with van der Waals surface area (Å²) in [5, 5.41) is 19.5. The van der Waals surface area contributed by atoms with Crippen LogP contribution >= 0.6 is 0 Å². The molecule has 1 aliphatic rings. The number of nitriles is 1. The lowest BCUT2D eigenvalue weighted by atomic mass is 9.98. The van der Waals surface area contributed by atoms with Crippen LogP contribution in [0.3, 0.4) is 0 Å². The van der Waals surface area contributed by atoms with E-state index in [-0.39, 0.29) is 6.04 Å². The second-order valence-electron chi connectivity index (χ2n) is 6.23. The lowest BCUT2D eigenvalue weighted by molar-refractivity contribution is 0.155. The van der Waals surface area contributed by atoms with Crippen molar-refractivity contribution in [1.29, 1.82) is 5.26 Å². The lowest BCUT2D eigenvalue weighted by Gasteiger charge is -2.32. The van der Waals surface area contributed by atoms with Crippen molar-refractivity contribution < 1.29 is 5.11 Å². The van der Waals surface area contributed by atoms with Gasteiger partial charge in [-0.2, -0.15) is 5.26 Å². The molecule has 1 aromatic heterocycles. The number of anilines is 1. The number of benzene rings is 1. The Morgan fingerprint density at radius 3 is 2.71 bits per heavy atom. The molecule has 5 heteroatoms. The van der Waals surface area contributed by atoms with E-state index >= 15 is 0 Å². The Labute approximate surface area is 142 Å². The Balaban J connectivity index is 1.78. The maximum absolute atomic E-state index is 10.6. The first-order valence-corrected chi connectivity index (χ1v) is 8.49. The zero-order valence-corrected chi connectivity index (χ0v) is 13.7. The molecule has 1 N–H and O–H groups in total. The predicted octanol–water partition coefficient (Wildman–Crippen LogP) is 3.22. The maximum Gasteiger partial charge on any atom is 0.158 e. The summed E-state index contributed by atoms with van der Waals surface area (Å²) in [5.41, 5.74) is 1.28. The molecule has 24 heavy (non-hydrogen) atoms. The van der Waals surface area contributed by atoms with E-state index in [4.69, 9.17) is 5.26 Å². The van der Waals surface area contributed by atoms with Crippen LogP contribution in [0, 0.1) is 11.3 Å². The van der Waals surface area contributed by atoms with Crippen molar-refractivity contribution in [3.8, 4) is 6.07 Å². The molecule has 0 spiro atoms. The van der Waals surface area contributed by atoms with Gasteiger partial charge in [-0.3, -0.25) is 0 Å². The Bertz CT molecular complexity index is 681. The molecular weight excluding hydrogens is 300 g/mol. The molecule has 1 aliphatic heterocycles. The van der Waals surface area contributed by atoms with Crippen molar-refractivity contribution >= 4 is 5.82 Å². The Hall–Kier alpha value is -2.45. The molecule has 0 saturated carbocycles. The van der Waals surface area contributed by atoms with Crippen molar-refractivity contribution in [2.45, 2.75) is 44.2 Å². The lowest BCUT2D eigenvalue weighted by Crippen LogP contribution is -2.36. The normalized spacial score (nSPS) is 19.3. The van der Waals surface area contributed by atoms with Gasteiger partial charge in [0.25, 0.3) is 0 Å². The van der Waals surface area contributed by atoms with E-state index in [0.717, 1.165) is 37.2 Å². The minimum Gasteiger partial charge on any atom is -0.388 e. The molecule has 1 saturated heterocycles. The third kappa shape index (κ3) is 3.90. The van der Waals surface area contributed by atoms with Crippen molar-refractivity contribution in [2.75, 3.05) is 11.4 Å². The highest BCUT2D eigenvalue weighted by Crippen LogP contribution is 2.29. The fourth-order valence-electron chi connectivity index (χ4n) is 3.32. The van der Waals surface area contributed by atoms with Crippen LogP contribution in [0.1, 0.15) is 49.5 Å². The van der Waals surface area contributed by atoms with Gasteiger partial charge in [-0.15, -0.1) is 0 Å². The summed E-state index contributed by atoms with van der Waals surface area (Å²) < 4.78 is 0. The average Bonchev–Trinajstić information content (AvgIpc) is 2.88. The molecule has 0 aliphatic carbocycles. The molecule has 3 rings (SSSR count). The highest BCUT2D eigenvalue weighted by Gasteiger charge is 2.25. The summed E-state index contributed by atoms with van der Waals surface area (Å²) in [5.74, 6) is 0.793. The SMILES string of the molecule is N#Cc1cnc(N2CCCCC[C@@H]2C[C@H](O)c2ccccc2)cn1. The van der Waals surface area contributed by atoms with Gasteiger partial charge in [0.2, 0.25) is 0 Å². The minimum atomic E-state index is -0.483. The van der Waals surface area contributed by atoms with Crippen LogP contribution in [0.25, 0.3) is 0 Å². The van der Waals surface area contributed by atoms with Gasteiger partial charge in [0, 0.05) is 12.6 Å². The van der Waals surface area contributed by atoms with Gasteiger partial charge in [-0.05, 0) is 24.8 Å². The number of aliphatic hydroxyl groups excluding tert-OH is 1. The van der Waals surface area contributed by atoms with E-state index < -0.39 is 6.10 Å². The maximum atomic E-state index is 10.6. The van der Waals surface area contributed by atoms with E-state index in [1.54, 1.807) is 6.20 Å². The predicted molar refractivity (Wildman–Crippen MR) is 92.4 cm³/mol. The van der Waals surface area contributed by atoms with Gasteiger partial charge in [-0.25, -0.2) is 9.97 Å². The van der Waals surface area contributed by atoms with E-state index in [9.17, 15) is 5.11 Å². The number of rotatable bonds is 4. The van der Waals surface area contributed by atoms with Crippen molar-refractivity contribution in [3.05, 3.63) is 54.0 Å². The van der Waals surface area contributed by atoms with Crippen LogP contribution in [0.5, 0.6) is 0 Å². The highest BCUT2D eigenvalue weighted by atomic mass is 16.3. The van der Waals surface area contributed by atoms with E-state index in [1.807, 2.05) is 36.4 Å². The molecule has 0 unspecified atom stereocenters. The Morgan fingerprint density at radius 2 is 2.00 bits per heavy atom. The molecular formula is C19H22N4O. The first-order chi connectivity index (χ1) is 11.8. The smallest absolute Gasteiger partial charge is 0.158 e. The molecule has 124 valence electrons. The topological polar surface area (TPSA) is 73.0 Å². The summed E-state index contributed by atoms with van der Waals surface area (Å²) in [6, 6.07) is 12.0. The standard InChI is InChI=1S/C19H22N4O/c20-12-16-13-22-19(14-21-16)23-10-6-2-5-9-17(23)11-18(24)15-7-3-1-4-8-15/h1,3-4,7-8,13-14,17-18,24H,2,5-6,9-11H2/t17-,18+/m1/s1. The quantitative estimate of drug-likeness (QED) is 0.935. The van der Waals surface area contributed by atoms with Gasteiger partial charge in [0.15, 0.2) is 5.69 Å². The highest BCUT2D eigenvalue weighted by molar-refractivity contribution is 5.39. The minimum absolute atomic E-state index is 0.227. The molecule has 2 heterocycles. The summed E-state index contributed by atoms with van der Waals surface area (Å²) >= 11 is 0. The van der Waals surface area contributed by atoms with E-state index in [2.05, 4.69) is 14.9 Å². The first kappa shape index (κ1) is 16.4. The molecule has 0 radical (unpaired) electrons. The van der Waals surface area contributed by atoms with Crippen LogP contribution < -0.4 is 4.90 Å². The summed E-state index contributed by atoms with van der Waals surface area (Å²) in [6.45, 7) is 0.909. The Kier molecular flexibility index (Phi) is 5.39. The average molecular weight is 322 g/mol. The molecule has 2 atom stereocenters. The van der Waals surface area contributed by atoms with Gasteiger partial charge in [-0.1, -0.05) is 43.2 Å². The molecule has 2 aromatic rings. The number of hydrogen-bond donors (Lipinski definition) is 1. The summed E-state index contributed by atoms with van der Waals surface area (Å²) in [7, 11) is 0. The van der Waals surface area contributed by atoms with Crippen LogP contribution in [-0.4, -0.2) is 27.7 Å². The van der Waals surface area contributed by atoms with Crippen molar-refractivity contribution in [3.63, 3.8) is 0 Å². The number of aromatic nitrogens is 2. The summed E-state index contributed by atoms with van der Waals surface area (Å²) in [4.78, 5) is 10.8. The molecule has 5 nitrogen and oxygen atoms in total. The largest absolute Gasteiger partial charge is 0.388 e. The van der Waals surface area contributed by atoms with Crippen molar-refractivity contribution in [2.24, 2.45) is 0 Å². The van der Waals surface area contributed by atoms with Crippen molar-refractivity contribution in [1.82, 2.24) is 9.97 Å². The third-order valence-corrected chi connectivity index (χ3v) is 4.60.